The average Bonchev–Trinajstić information content (AvgIpc) is 2.29. The van der Waals surface area contributed by atoms with Gasteiger partial charge in [-0.25, -0.2) is 0 Å². The van der Waals surface area contributed by atoms with Crippen molar-refractivity contribution in [1.82, 2.24) is 0 Å². The van der Waals surface area contributed by atoms with Crippen molar-refractivity contribution in [2.24, 2.45) is 0 Å². The second kappa shape index (κ2) is 5.01. The highest BCUT2D eigenvalue weighted by Gasteiger charge is 1.99. The second-order valence-electron chi connectivity index (χ2n) is 4.56. The first-order valence-electron chi connectivity index (χ1n) is 5.98. The van der Waals surface area contributed by atoms with Gasteiger partial charge in [-0.2, -0.15) is 0 Å². The minimum atomic E-state index is 1.24. The van der Waals surface area contributed by atoms with E-state index in [2.05, 4.69) is 69.3 Å². The molecule has 0 N–H and O–H groups in total. The first-order chi connectivity index (χ1) is 8.16. The zero-order chi connectivity index (χ0) is 12.3. The van der Waals surface area contributed by atoms with E-state index in [-0.39, 0.29) is 0 Å². The van der Waals surface area contributed by atoms with Crippen LogP contribution in [0, 0.1) is 20.8 Å². The summed E-state index contributed by atoms with van der Waals surface area (Å²) < 4.78 is 0. The first-order valence-corrected chi connectivity index (χ1v) is 5.98. The van der Waals surface area contributed by atoms with Crippen molar-refractivity contribution in [3.63, 3.8) is 0 Å². The van der Waals surface area contributed by atoms with Crippen LogP contribution in [0.5, 0.6) is 0 Å². The van der Waals surface area contributed by atoms with Crippen LogP contribution in [0.4, 0.5) is 0 Å². The molecular formula is C17H18. The van der Waals surface area contributed by atoms with Crippen molar-refractivity contribution < 1.29 is 0 Å². The summed E-state index contributed by atoms with van der Waals surface area (Å²) in [6, 6.07) is 14.9. The van der Waals surface area contributed by atoms with E-state index in [1.165, 1.54) is 27.8 Å². The molecule has 0 aliphatic heterocycles. The van der Waals surface area contributed by atoms with E-state index in [0.717, 1.165) is 0 Å². The Morgan fingerprint density at radius 1 is 0.765 bits per heavy atom. The summed E-state index contributed by atoms with van der Waals surface area (Å²) in [6.45, 7) is 6.49. The van der Waals surface area contributed by atoms with Gasteiger partial charge in [0.05, 0.1) is 0 Å². The molecule has 0 saturated heterocycles. The summed E-state index contributed by atoms with van der Waals surface area (Å²) in [5.74, 6) is 0. The molecule has 0 aliphatic carbocycles. The maximum atomic E-state index is 2.23. The van der Waals surface area contributed by atoms with Crippen LogP contribution in [0.3, 0.4) is 0 Å². The Labute approximate surface area is 104 Å². The third-order valence-electron chi connectivity index (χ3n) is 2.98. The Morgan fingerprint density at radius 3 is 1.94 bits per heavy atom. The van der Waals surface area contributed by atoms with Crippen molar-refractivity contribution >= 4 is 12.2 Å². The Hall–Kier alpha value is -1.82. The van der Waals surface area contributed by atoms with Crippen LogP contribution >= 0.6 is 0 Å². The summed E-state index contributed by atoms with van der Waals surface area (Å²) in [5.41, 5.74) is 6.59. The number of rotatable bonds is 2. The van der Waals surface area contributed by atoms with Crippen LogP contribution in [0.25, 0.3) is 12.2 Å². The minimum absolute atomic E-state index is 1.24. The molecule has 2 rings (SSSR count). The molecule has 86 valence electrons. The monoisotopic (exact) mass is 222 g/mol. The van der Waals surface area contributed by atoms with Crippen LogP contribution in [0.15, 0.2) is 42.5 Å². The van der Waals surface area contributed by atoms with Crippen molar-refractivity contribution in [3.05, 3.63) is 70.3 Å². The third kappa shape index (κ3) is 2.85. The Kier molecular flexibility index (Phi) is 3.43. The lowest BCUT2D eigenvalue weighted by Crippen LogP contribution is -1.88. The lowest BCUT2D eigenvalue weighted by Gasteiger charge is -2.07. The van der Waals surface area contributed by atoms with Crippen molar-refractivity contribution in [3.8, 4) is 0 Å². The molecule has 0 heteroatoms. The highest BCUT2D eigenvalue weighted by atomic mass is 14.0. The fourth-order valence-corrected chi connectivity index (χ4v) is 2.20. The van der Waals surface area contributed by atoms with Gasteiger partial charge in [-0.3, -0.25) is 0 Å². The van der Waals surface area contributed by atoms with E-state index in [0.29, 0.717) is 0 Å². The zero-order valence-electron chi connectivity index (χ0n) is 10.7. The summed E-state index contributed by atoms with van der Waals surface area (Å²) in [5, 5.41) is 0. The van der Waals surface area contributed by atoms with Crippen LogP contribution < -0.4 is 0 Å². The molecular weight excluding hydrogens is 204 g/mol. The lowest BCUT2D eigenvalue weighted by molar-refractivity contribution is 1.30. The number of hydrogen-bond donors (Lipinski definition) is 0. The van der Waals surface area contributed by atoms with Crippen LogP contribution in [0.2, 0.25) is 0 Å². The van der Waals surface area contributed by atoms with E-state index in [4.69, 9.17) is 0 Å². The standard InChI is InChI=1S/C17H18/c1-13-11-14(2)17(15(3)12-13)10-9-16-7-5-4-6-8-16/h4-12H,1-3H3/b10-9-. The molecule has 0 bridgehead atoms. The largest absolute Gasteiger partial charge is 0.0622 e. The van der Waals surface area contributed by atoms with Gasteiger partial charge in [-0.1, -0.05) is 60.2 Å². The second-order valence-corrected chi connectivity index (χ2v) is 4.56. The Morgan fingerprint density at radius 2 is 1.35 bits per heavy atom. The normalized spacial score (nSPS) is 11.0. The van der Waals surface area contributed by atoms with Crippen LogP contribution in [-0.4, -0.2) is 0 Å². The van der Waals surface area contributed by atoms with E-state index >= 15 is 0 Å². The van der Waals surface area contributed by atoms with E-state index in [1.807, 2.05) is 6.07 Å². The van der Waals surface area contributed by atoms with E-state index in [9.17, 15) is 0 Å². The molecule has 17 heavy (non-hydrogen) atoms. The quantitative estimate of drug-likeness (QED) is 0.641. The highest BCUT2D eigenvalue weighted by molar-refractivity contribution is 5.72. The van der Waals surface area contributed by atoms with Crippen LogP contribution in [-0.2, 0) is 0 Å². The van der Waals surface area contributed by atoms with Gasteiger partial charge in [0.15, 0.2) is 0 Å². The summed E-state index contributed by atoms with van der Waals surface area (Å²) in [7, 11) is 0. The molecule has 0 aromatic heterocycles. The molecule has 0 nitrogen and oxygen atoms in total. The summed E-state index contributed by atoms with van der Waals surface area (Å²) in [6.07, 6.45) is 4.38. The van der Waals surface area contributed by atoms with Crippen molar-refractivity contribution in [1.29, 1.82) is 0 Å². The van der Waals surface area contributed by atoms with Gasteiger partial charge in [0.25, 0.3) is 0 Å². The Bertz CT molecular complexity index is 510. The summed E-state index contributed by atoms with van der Waals surface area (Å²) in [4.78, 5) is 0. The third-order valence-corrected chi connectivity index (χ3v) is 2.98. The van der Waals surface area contributed by atoms with E-state index < -0.39 is 0 Å². The molecule has 0 radical (unpaired) electrons. The molecule has 0 aliphatic rings. The Balaban J connectivity index is 2.34. The minimum Gasteiger partial charge on any atom is -0.0622 e. The SMILES string of the molecule is Cc1cc(C)c(/C=C\c2ccccc2)c(C)c1. The fourth-order valence-electron chi connectivity index (χ4n) is 2.20. The molecule has 0 saturated carbocycles. The molecule has 0 amide bonds. The van der Waals surface area contributed by atoms with Crippen molar-refractivity contribution in [2.75, 3.05) is 0 Å². The fraction of sp³-hybridized carbons (Fsp3) is 0.176. The highest BCUT2D eigenvalue weighted by Crippen LogP contribution is 2.19. The topological polar surface area (TPSA) is 0 Å². The van der Waals surface area contributed by atoms with E-state index in [1.54, 1.807) is 0 Å². The predicted octanol–water partition coefficient (Wildman–Crippen LogP) is 4.78. The van der Waals surface area contributed by atoms with Crippen molar-refractivity contribution in [2.45, 2.75) is 20.8 Å². The van der Waals surface area contributed by atoms with Gasteiger partial charge < -0.3 is 0 Å². The average molecular weight is 222 g/mol. The van der Waals surface area contributed by atoms with Gasteiger partial charge >= 0.3 is 0 Å². The van der Waals surface area contributed by atoms with Gasteiger partial charge in [-0.15, -0.1) is 0 Å². The smallest absolute Gasteiger partial charge is 0.0198 e. The molecule has 0 atom stereocenters. The first kappa shape index (κ1) is 11.7. The molecule has 2 aromatic carbocycles. The summed E-state index contributed by atoms with van der Waals surface area (Å²) >= 11 is 0. The number of benzene rings is 2. The molecule has 0 heterocycles. The lowest BCUT2D eigenvalue weighted by atomic mass is 9.99. The van der Waals surface area contributed by atoms with Gasteiger partial charge in [-0.05, 0) is 43.0 Å². The van der Waals surface area contributed by atoms with Gasteiger partial charge in [0.2, 0.25) is 0 Å². The molecule has 0 fully saturated rings. The zero-order valence-corrected chi connectivity index (χ0v) is 10.7. The maximum Gasteiger partial charge on any atom is -0.0198 e. The molecule has 0 unspecified atom stereocenters. The molecule has 2 aromatic rings. The predicted molar refractivity (Wildman–Crippen MR) is 76.0 cm³/mol. The maximum absolute atomic E-state index is 2.23. The van der Waals surface area contributed by atoms with Crippen LogP contribution in [0.1, 0.15) is 27.8 Å². The molecule has 0 spiro atoms. The van der Waals surface area contributed by atoms with Gasteiger partial charge in [0, 0.05) is 0 Å². The number of hydrogen-bond acceptors (Lipinski definition) is 0. The number of aryl methyl sites for hydroxylation is 3. The van der Waals surface area contributed by atoms with Gasteiger partial charge in [0.1, 0.15) is 0 Å².